The monoisotopic (exact) mass is 489 g/mol. The van der Waals surface area contributed by atoms with E-state index in [1.165, 1.54) is 34.0 Å². The van der Waals surface area contributed by atoms with E-state index in [0.29, 0.717) is 10.1 Å². The Hall–Kier alpha value is -3.70. The van der Waals surface area contributed by atoms with Crippen molar-refractivity contribution < 1.29 is 4.79 Å². The fraction of sp³-hybridized carbons (Fsp3) is 0.194. The number of aryl methyl sites for hydroxylation is 1. The number of hydrogen-bond donors (Lipinski definition) is 0. The van der Waals surface area contributed by atoms with E-state index in [2.05, 4.69) is 78.7 Å². The van der Waals surface area contributed by atoms with Gasteiger partial charge in [0.15, 0.2) is 5.17 Å². The maximum absolute atomic E-state index is 12.9. The van der Waals surface area contributed by atoms with Crippen LogP contribution in [0, 0.1) is 12.8 Å². The summed E-state index contributed by atoms with van der Waals surface area (Å²) in [5.41, 5.74) is 7.00. The lowest BCUT2D eigenvalue weighted by molar-refractivity contribution is -0.113. The van der Waals surface area contributed by atoms with Crippen LogP contribution in [0.1, 0.15) is 47.6 Å². The van der Waals surface area contributed by atoms with Crippen LogP contribution in [0.4, 0.5) is 0 Å². The first-order chi connectivity index (χ1) is 17.7. The van der Waals surface area contributed by atoms with Gasteiger partial charge in [-0.15, -0.1) is 0 Å². The standard InChI is InChI=1S/C31H27N3OS/c1-21-15-17-23(18-16-21)20-27-30(35)32-31(36-27)34-29(24-11-6-3-7-12-24)26-14-8-13-25(28(26)33-34)19-22-9-4-2-5-10-22/h2-7,9-12,15-20,26,29H,8,13-14H2,1H3/b25-19+,27-20+/t26-,29-/m0/s1. The van der Waals surface area contributed by atoms with Gasteiger partial charge in [0.1, 0.15) is 0 Å². The number of hydrazone groups is 1. The van der Waals surface area contributed by atoms with Crippen LogP contribution < -0.4 is 0 Å². The molecule has 2 aliphatic heterocycles. The third-order valence-corrected chi connectivity index (χ3v) is 7.94. The predicted octanol–water partition coefficient (Wildman–Crippen LogP) is 7.26. The highest BCUT2D eigenvalue weighted by Crippen LogP contribution is 2.47. The lowest BCUT2D eigenvalue weighted by atomic mass is 9.77. The molecule has 1 aliphatic carbocycles. The summed E-state index contributed by atoms with van der Waals surface area (Å²) in [6, 6.07) is 29.2. The molecule has 0 spiro atoms. The molecule has 3 aromatic carbocycles. The second kappa shape index (κ2) is 9.75. The van der Waals surface area contributed by atoms with Crippen molar-refractivity contribution in [3.8, 4) is 0 Å². The van der Waals surface area contributed by atoms with Gasteiger partial charge in [0.2, 0.25) is 0 Å². The molecular weight excluding hydrogens is 462 g/mol. The van der Waals surface area contributed by atoms with Gasteiger partial charge in [-0.05, 0) is 72.4 Å². The Morgan fingerprint density at radius 2 is 1.58 bits per heavy atom. The molecule has 4 nitrogen and oxygen atoms in total. The van der Waals surface area contributed by atoms with Crippen molar-refractivity contribution in [2.45, 2.75) is 32.2 Å². The van der Waals surface area contributed by atoms with Crippen molar-refractivity contribution in [2.75, 3.05) is 0 Å². The normalized spacial score (nSPS) is 23.7. The SMILES string of the molecule is Cc1ccc(/C=C2/SC(N3N=C4/C(=C/c5ccccc5)CCC[C@@H]4[C@@H]3c3ccccc3)=NC2=O)cc1. The molecule has 0 saturated heterocycles. The Morgan fingerprint density at radius 1 is 0.889 bits per heavy atom. The van der Waals surface area contributed by atoms with Gasteiger partial charge >= 0.3 is 0 Å². The molecule has 0 radical (unpaired) electrons. The van der Waals surface area contributed by atoms with Crippen molar-refractivity contribution >= 4 is 40.7 Å². The number of thioether (sulfide) groups is 1. The van der Waals surface area contributed by atoms with Crippen molar-refractivity contribution in [1.82, 2.24) is 5.01 Å². The Balaban J connectivity index is 1.37. The third kappa shape index (κ3) is 4.47. The van der Waals surface area contributed by atoms with Crippen LogP contribution in [0.25, 0.3) is 12.2 Å². The Bertz CT molecular complexity index is 1410. The molecule has 1 fully saturated rings. The van der Waals surface area contributed by atoms with Crippen molar-refractivity contribution in [1.29, 1.82) is 0 Å². The van der Waals surface area contributed by atoms with E-state index < -0.39 is 0 Å². The van der Waals surface area contributed by atoms with E-state index in [0.717, 1.165) is 30.5 Å². The molecule has 0 bridgehead atoms. The van der Waals surface area contributed by atoms with Crippen LogP contribution in [0.15, 0.2) is 106 Å². The fourth-order valence-electron chi connectivity index (χ4n) is 5.20. The molecule has 2 heterocycles. The van der Waals surface area contributed by atoms with Crippen LogP contribution in [0.2, 0.25) is 0 Å². The van der Waals surface area contributed by atoms with Crippen LogP contribution in [0.3, 0.4) is 0 Å². The minimum Gasteiger partial charge on any atom is -0.266 e. The summed E-state index contributed by atoms with van der Waals surface area (Å²) in [5, 5.41) is 7.84. The second-order valence-electron chi connectivity index (χ2n) is 9.49. The largest absolute Gasteiger partial charge is 0.286 e. The Kier molecular flexibility index (Phi) is 6.16. The van der Waals surface area contributed by atoms with Gasteiger partial charge in [-0.2, -0.15) is 10.1 Å². The summed E-state index contributed by atoms with van der Waals surface area (Å²) in [6.07, 6.45) is 7.40. The summed E-state index contributed by atoms with van der Waals surface area (Å²) >= 11 is 1.43. The smallest absolute Gasteiger partial charge is 0.266 e. The first-order valence-electron chi connectivity index (χ1n) is 12.4. The maximum Gasteiger partial charge on any atom is 0.286 e. The molecule has 2 atom stereocenters. The van der Waals surface area contributed by atoms with E-state index in [9.17, 15) is 4.79 Å². The number of aliphatic imine (C=N–C) groups is 1. The van der Waals surface area contributed by atoms with Gasteiger partial charge in [0.25, 0.3) is 5.91 Å². The zero-order valence-electron chi connectivity index (χ0n) is 20.2. The molecule has 36 heavy (non-hydrogen) atoms. The van der Waals surface area contributed by atoms with Gasteiger partial charge in [0, 0.05) is 5.92 Å². The number of nitrogens with zero attached hydrogens (tertiary/aromatic N) is 3. The molecule has 3 aliphatic rings. The Morgan fingerprint density at radius 3 is 2.33 bits per heavy atom. The lowest BCUT2D eigenvalue weighted by Crippen LogP contribution is -2.30. The molecule has 0 unspecified atom stereocenters. The topological polar surface area (TPSA) is 45.0 Å². The lowest BCUT2D eigenvalue weighted by Gasteiger charge is -2.30. The van der Waals surface area contributed by atoms with Crippen molar-refractivity contribution in [3.05, 3.63) is 118 Å². The van der Waals surface area contributed by atoms with Crippen LogP contribution in [0.5, 0.6) is 0 Å². The quantitative estimate of drug-likeness (QED) is 0.364. The number of hydrogen-bond acceptors (Lipinski definition) is 4. The zero-order valence-corrected chi connectivity index (χ0v) is 21.0. The fourth-order valence-corrected chi connectivity index (χ4v) is 6.10. The number of fused-ring (bicyclic) bond motifs is 1. The second-order valence-corrected chi connectivity index (χ2v) is 10.5. The Labute approximate surface area is 216 Å². The molecule has 0 N–H and O–H groups in total. The minimum absolute atomic E-state index is 0.0263. The van der Waals surface area contributed by atoms with Crippen LogP contribution in [-0.4, -0.2) is 21.8 Å². The minimum atomic E-state index is -0.197. The van der Waals surface area contributed by atoms with E-state index >= 15 is 0 Å². The number of carbonyl (C=O) groups is 1. The van der Waals surface area contributed by atoms with Gasteiger partial charge in [-0.25, -0.2) is 5.01 Å². The van der Waals surface area contributed by atoms with E-state index in [1.54, 1.807) is 0 Å². The van der Waals surface area contributed by atoms with Gasteiger partial charge in [-0.1, -0.05) is 90.5 Å². The maximum atomic E-state index is 12.9. The molecule has 0 aromatic heterocycles. The number of carbonyl (C=O) groups excluding carboxylic acids is 1. The van der Waals surface area contributed by atoms with Crippen LogP contribution >= 0.6 is 11.8 Å². The highest BCUT2D eigenvalue weighted by molar-refractivity contribution is 8.18. The summed E-state index contributed by atoms with van der Waals surface area (Å²) in [7, 11) is 0. The molecule has 3 aromatic rings. The summed E-state index contributed by atoms with van der Waals surface area (Å²) in [4.78, 5) is 18.0. The number of allylic oxidation sites excluding steroid dienone is 1. The number of amides is 1. The molecule has 1 saturated carbocycles. The number of amidine groups is 1. The molecule has 5 heteroatoms. The predicted molar refractivity (Wildman–Crippen MR) is 149 cm³/mol. The summed E-state index contributed by atoms with van der Waals surface area (Å²) < 4.78 is 0. The average Bonchev–Trinajstić information content (AvgIpc) is 3.47. The number of rotatable bonds is 3. The molecule has 178 valence electrons. The van der Waals surface area contributed by atoms with Gasteiger partial charge in [0.05, 0.1) is 16.7 Å². The first-order valence-corrected chi connectivity index (χ1v) is 13.3. The van der Waals surface area contributed by atoms with Gasteiger partial charge < -0.3 is 0 Å². The number of benzene rings is 3. The first kappa shape index (κ1) is 22.7. The highest BCUT2D eigenvalue weighted by atomic mass is 32.2. The van der Waals surface area contributed by atoms with E-state index in [4.69, 9.17) is 5.10 Å². The molecular formula is C31H27N3OS. The average molecular weight is 490 g/mol. The van der Waals surface area contributed by atoms with Crippen molar-refractivity contribution in [2.24, 2.45) is 16.0 Å². The van der Waals surface area contributed by atoms with Gasteiger partial charge in [-0.3, -0.25) is 4.79 Å². The van der Waals surface area contributed by atoms with Crippen molar-refractivity contribution in [3.63, 3.8) is 0 Å². The molecule has 6 rings (SSSR count). The van der Waals surface area contributed by atoms with E-state index in [1.807, 2.05) is 35.4 Å². The zero-order chi connectivity index (χ0) is 24.5. The van der Waals surface area contributed by atoms with Crippen LogP contribution in [-0.2, 0) is 4.79 Å². The summed E-state index contributed by atoms with van der Waals surface area (Å²) in [6.45, 7) is 2.06. The molecule has 1 amide bonds. The summed E-state index contributed by atoms with van der Waals surface area (Å²) in [5.74, 6) is 0.0668. The highest BCUT2D eigenvalue weighted by Gasteiger charge is 2.44. The van der Waals surface area contributed by atoms with E-state index in [-0.39, 0.29) is 17.9 Å². The third-order valence-electron chi connectivity index (χ3n) is 6.96.